The summed E-state index contributed by atoms with van der Waals surface area (Å²) in [6.07, 6.45) is 0.338. The van der Waals surface area contributed by atoms with Gasteiger partial charge < -0.3 is 20.6 Å². The molecule has 14 heteroatoms. The number of nitrogens with one attached hydrogen (secondary N) is 2. The highest BCUT2D eigenvalue weighted by Crippen LogP contribution is 2.32. The van der Waals surface area contributed by atoms with Crippen LogP contribution >= 0.6 is 23.4 Å². The van der Waals surface area contributed by atoms with Crippen molar-refractivity contribution in [2.24, 2.45) is 4.99 Å². The number of likely N-dealkylation sites (tertiary alicyclic amines) is 1. The van der Waals surface area contributed by atoms with E-state index in [1.807, 2.05) is 36.4 Å². The van der Waals surface area contributed by atoms with Gasteiger partial charge in [0.25, 0.3) is 11.8 Å². The van der Waals surface area contributed by atoms with Crippen LogP contribution in [0.15, 0.2) is 64.6 Å². The topological polar surface area (TPSA) is 124 Å². The lowest BCUT2D eigenvalue weighted by atomic mass is 10.0. The Morgan fingerprint density at radius 1 is 1.14 bits per heavy atom. The van der Waals surface area contributed by atoms with Crippen molar-refractivity contribution in [3.05, 3.63) is 75.8 Å². The number of amidine groups is 1. The second-order valence-corrected chi connectivity index (χ2v) is 10.9. The van der Waals surface area contributed by atoms with Crippen LogP contribution in [0.2, 0.25) is 5.02 Å². The fourth-order valence-electron chi connectivity index (χ4n) is 4.10. The molecule has 2 aromatic carbocycles. The summed E-state index contributed by atoms with van der Waals surface area (Å²) in [5.74, 6) is -3.22. The highest BCUT2D eigenvalue weighted by atomic mass is 35.5. The van der Waals surface area contributed by atoms with E-state index in [1.54, 1.807) is 24.4 Å². The summed E-state index contributed by atoms with van der Waals surface area (Å²) >= 11 is 7.61. The predicted molar refractivity (Wildman–Crippen MR) is 157 cm³/mol. The van der Waals surface area contributed by atoms with Crippen molar-refractivity contribution >= 4 is 69.0 Å². The van der Waals surface area contributed by atoms with Crippen LogP contribution in [0.4, 0.5) is 18.9 Å². The highest BCUT2D eigenvalue weighted by molar-refractivity contribution is 8.18. The van der Waals surface area contributed by atoms with Gasteiger partial charge in [-0.25, -0.2) is 4.79 Å². The van der Waals surface area contributed by atoms with Gasteiger partial charge in [-0.3, -0.25) is 14.6 Å². The number of aliphatic imine (C=N–C) groups is 1. The lowest BCUT2D eigenvalue weighted by molar-refractivity contribution is -0.192. The molecule has 5 rings (SSSR count). The summed E-state index contributed by atoms with van der Waals surface area (Å²) in [6.45, 7) is 1.94. The summed E-state index contributed by atoms with van der Waals surface area (Å²) in [5.41, 5.74) is 2.82. The minimum absolute atomic E-state index is 0.136. The average Bonchev–Trinajstić information content (AvgIpc) is 3.28. The van der Waals surface area contributed by atoms with Crippen LogP contribution in [0.25, 0.3) is 17.0 Å². The van der Waals surface area contributed by atoms with Crippen molar-refractivity contribution in [1.29, 1.82) is 0 Å². The Labute approximate surface area is 247 Å². The maximum absolute atomic E-state index is 12.8. The zero-order chi connectivity index (χ0) is 30.4. The van der Waals surface area contributed by atoms with Crippen molar-refractivity contribution in [1.82, 2.24) is 15.2 Å². The summed E-state index contributed by atoms with van der Waals surface area (Å²) < 4.78 is 31.7. The molecule has 0 bridgehead atoms. The molecule has 3 N–H and O–H groups in total. The molecule has 0 unspecified atom stereocenters. The largest absolute Gasteiger partial charge is 0.490 e. The first-order valence-corrected chi connectivity index (χ1v) is 13.8. The van der Waals surface area contributed by atoms with Gasteiger partial charge in [-0.15, -0.1) is 0 Å². The van der Waals surface area contributed by atoms with E-state index in [1.165, 1.54) is 11.8 Å². The van der Waals surface area contributed by atoms with Gasteiger partial charge in [0.05, 0.1) is 21.1 Å². The van der Waals surface area contributed by atoms with E-state index in [2.05, 4.69) is 32.6 Å². The number of carbonyl (C=O) groups excluding carboxylic acids is 2. The van der Waals surface area contributed by atoms with Gasteiger partial charge in [-0.2, -0.15) is 18.2 Å². The first-order valence-electron chi connectivity index (χ1n) is 12.6. The number of hydrogen-bond acceptors (Lipinski definition) is 7. The second-order valence-electron chi connectivity index (χ2n) is 9.46. The predicted octanol–water partition coefficient (Wildman–Crippen LogP) is 5.43. The van der Waals surface area contributed by atoms with Gasteiger partial charge in [0.2, 0.25) is 0 Å². The molecule has 0 radical (unpaired) electrons. The van der Waals surface area contributed by atoms with Crippen molar-refractivity contribution in [2.45, 2.75) is 25.1 Å². The average molecular weight is 620 g/mol. The number of anilines is 1. The van der Waals surface area contributed by atoms with Crippen molar-refractivity contribution in [3.8, 4) is 0 Å². The van der Waals surface area contributed by atoms with Crippen LogP contribution in [-0.4, -0.2) is 70.3 Å². The van der Waals surface area contributed by atoms with E-state index in [0.717, 1.165) is 42.4 Å². The van der Waals surface area contributed by atoms with Crippen LogP contribution in [0.5, 0.6) is 0 Å². The lowest BCUT2D eigenvalue weighted by Crippen LogP contribution is -2.43. The molecule has 2 aliphatic heterocycles. The molecule has 0 spiro atoms. The van der Waals surface area contributed by atoms with Crippen molar-refractivity contribution in [2.75, 3.05) is 25.5 Å². The number of nitrogens with zero attached hydrogens (tertiary/aromatic N) is 3. The Balaban J connectivity index is 0.000000517. The second kappa shape index (κ2) is 13.4. The smallest absolute Gasteiger partial charge is 0.475 e. The number of benzene rings is 2. The van der Waals surface area contributed by atoms with E-state index >= 15 is 0 Å². The number of carbonyl (C=O) groups is 3. The van der Waals surface area contributed by atoms with E-state index < -0.39 is 12.1 Å². The Kier molecular flexibility index (Phi) is 9.86. The molecule has 9 nitrogen and oxygen atoms in total. The number of carboxylic acids is 1. The normalized spacial score (nSPS) is 17.0. The number of amides is 2. The number of halogens is 4. The molecule has 3 heterocycles. The summed E-state index contributed by atoms with van der Waals surface area (Å²) in [7, 11) is 2.09. The fourth-order valence-corrected chi connectivity index (χ4v) is 5.09. The quantitative estimate of drug-likeness (QED) is 0.331. The SMILES string of the molecule is CN1CCC(NC(=O)c2ccc(Cl)c(NC3=NC(=O)/C(=C/c4ccc5ncccc5c4)S3)c2)CC1.O=C(O)C(F)(F)F. The molecular formula is C28H25ClF3N5O4S. The third-order valence-corrected chi connectivity index (χ3v) is 7.54. The number of rotatable bonds is 4. The molecular weight excluding hydrogens is 595 g/mol. The summed E-state index contributed by atoms with van der Waals surface area (Å²) in [4.78, 5) is 45.4. The molecule has 0 aliphatic carbocycles. The van der Waals surface area contributed by atoms with Crippen LogP contribution in [-0.2, 0) is 9.59 Å². The molecule has 42 heavy (non-hydrogen) atoms. The van der Waals surface area contributed by atoms with Crippen molar-refractivity contribution in [3.63, 3.8) is 0 Å². The number of hydrogen-bond donors (Lipinski definition) is 3. The van der Waals surface area contributed by atoms with E-state index in [-0.39, 0.29) is 17.9 Å². The van der Waals surface area contributed by atoms with Gasteiger partial charge in [0, 0.05) is 23.2 Å². The molecule has 1 aromatic heterocycles. The number of thioether (sulfide) groups is 1. The third kappa shape index (κ3) is 8.30. The van der Waals surface area contributed by atoms with Gasteiger partial charge in [0.15, 0.2) is 5.17 Å². The molecule has 220 valence electrons. The Bertz CT molecular complexity index is 1570. The monoisotopic (exact) mass is 619 g/mol. The van der Waals surface area contributed by atoms with Gasteiger partial charge in [-0.1, -0.05) is 23.7 Å². The first kappa shape index (κ1) is 31.0. The zero-order valence-corrected chi connectivity index (χ0v) is 23.7. The number of aliphatic carboxylic acids is 1. The number of carboxylic acid groups (broad SMARTS) is 1. The molecule has 3 aromatic rings. The lowest BCUT2D eigenvalue weighted by Gasteiger charge is -2.29. The minimum Gasteiger partial charge on any atom is -0.475 e. The van der Waals surface area contributed by atoms with Crippen LogP contribution in [0.3, 0.4) is 0 Å². The van der Waals surface area contributed by atoms with Crippen LogP contribution in [0, 0.1) is 0 Å². The third-order valence-electron chi connectivity index (χ3n) is 6.31. The molecule has 1 fully saturated rings. The number of alkyl halides is 3. The minimum atomic E-state index is -5.08. The fraction of sp³-hybridized carbons (Fsp3) is 0.250. The number of pyridine rings is 1. The van der Waals surface area contributed by atoms with Gasteiger partial charge >= 0.3 is 12.1 Å². The maximum atomic E-state index is 12.8. The molecule has 0 atom stereocenters. The summed E-state index contributed by atoms with van der Waals surface area (Å²) in [5, 5.41) is 15.2. The maximum Gasteiger partial charge on any atom is 0.490 e. The van der Waals surface area contributed by atoms with Crippen LogP contribution < -0.4 is 10.6 Å². The van der Waals surface area contributed by atoms with Gasteiger partial charge in [-0.05, 0) is 92.8 Å². The Hall–Kier alpha value is -3.94. The molecule has 1 saturated heterocycles. The molecule has 2 amide bonds. The van der Waals surface area contributed by atoms with Crippen molar-refractivity contribution < 1.29 is 32.7 Å². The number of fused-ring (bicyclic) bond motifs is 1. The van der Waals surface area contributed by atoms with E-state index in [4.69, 9.17) is 21.5 Å². The van der Waals surface area contributed by atoms with E-state index in [0.29, 0.717) is 26.3 Å². The molecule has 0 saturated carbocycles. The van der Waals surface area contributed by atoms with Crippen LogP contribution in [0.1, 0.15) is 28.8 Å². The van der Waals surface area contributed by atoms with Gasteiger partial charge in [0.1, 0.15) is 0 Å². The standard InChI is InChI=1S/C26H24ClN5O2S.C2HF3O2/c1-32-11-8-19(9-12-32)29-24(33)18-5-6-20(27)22(15-18)30-26-31-25(34)23(35-26)14-16-4-7-21-17(13-16)3-2-10-28-21;3-2(4,5)1(6)7/h2-7,10,13-15,19H,8-9,11-12H2,1H3,(H,29,33)(H,30,31,34);(H,6,7)/b23-14-;. The molecule has 2 aliphatic rings. The highest BCUT2D eigenvalue weighted by Gasteiger charge is 2.38. The number of aromatic nitrogens is 1. The Morgan fingerprint density at radius 2 is 1.86 bits per heavy atom. The zero-order valence-electron chi connectivity index (χ0n) is 22.1. The number of piperidine rings is 1. The van der Waals surface area contributed by atoms with E-state index in [9.17, 15) is 22.8 Å². The first-order chi connectivity index (χ1) is 19.9. The summed E-state index contributed by atoms with van der Waals surface area (Å²) in [6, 6.07) is 14.9. The Morgan fingerprint density at radius 3 is 2.55 bits per heavy atom.